The first-order valence-electron chi connectivity index (χ1n) is 12.4. The molecule has 1 aromatic rings. The monoisotopic (exact) mass is 604 g/mol. The van der Waals surface area contributed by atoms with Crippen LogP contribution in [0.25, 0.3) is 0 Å². The number of carbonyl (C=O) groups excluding carboxylic acids is 3. The maximum Gasteiger partial charge on any atom is 0.364 e. The van der Waals surface area contributed by atoms with E-state index in [1.165, 1.54) is 26.2 Å². The van der Waals surface area contributed by atoms with Crippen molar-refractivity contribution in [2.24, 2.45) is 22.4 Å². The van der Waals surface area contributed by atoms with Crippen molar-refractivity contribution in [1.82, 2.24) is 9.29 Å². The largest absolute Gasteiger partial charge is 0.478 e. The number of aliphatic carboxylic acids is 1. The number of anilines is 1. The van der Waals surface area contributed by atoms with E-state index in [9.17, 15) is 32.7 Å². The van der Waals surface area contributed by atoms with E-state index in [1.54, 1.807) is 27.7 Å². The number of carboxylic acid groups (broad SMARTS) is 1. The lowest BCUT2D eigenvalue weighted by Gasteiger charge is -2.43. The van der Waals surface area contributed by atoms with Gasteiger partial charge in [-0.3, -0.25) is 18.6 Å². The number of oxime groups is 1. The number of nitrogens with two attached hydrogens (primary N) is 1. The van der Waals surface area contributed by atoms with Crippen LogP contribution in [-0.2, 0) is 43.2 Å². The number of rotatable bonds is 15. The predicted octanol–water partition coefficient (Wildman–Crippen LogP) is 1.99. The molecular formula is C24H36N4O10S2. The SMILES string of the molecule is CC(C)C(=O)OCCC(C)(C)COS(=O)(=O)N1C(=O)[C@@H](CC(=O)/C(=N/OC(C)(C)C(=O)O)c2csc(N)n2)[C@@H]1C. The standard InChI is InChI=1S/C24H36N4O10S2/c1-13(2)20(31)36-9-8-23(4,5)12-37-40(34,35)28-14(3)15(19(28)30)10-17(29)18(16-11-39-22(25)26-16)27-38-24(6,7)21(32)33/h11,13-15H,8-10,12H2,1-7H3,(H2,25,26)(H,32,33)/b27-18+/t14-,15-/m0/s1. The highest BCUT2D eigenvalue weighted by atomic mass is 32.2. The van der Waals surface area contributed by atoms with Crippen LogP contribution in [0.1, 0.15) is 67.0 Å². The Morgan fingerprint density at radius 1 is 1.25 bits per heavy atom. The molecule has 0 radical (unpaired) electrons. The molecule has 2 heterocycles. The van der Waals surface area contributed by atoms with Gasteiger partial charge in [0.1, 0.15) is 5.69 Å². The molecule has 16 heteroatoms. The number of esters is 1. The molecule has 0 aromatic carbocycles. The van der Waals surface area contributed by atoms with Gasteiger partial charge in [0.2, 0.25) is 11.5 Å². The number of nitrogens with zero attached hydrogens (tertiary/aromatic N) is 3. The van der Waals surface area contributed by atoms with Crippen LogP contribution in [0, 0.1) is 17.3 Å². The molecular weight excluding hydrogens is 568 g/mol. The van der Waals surface area contributed by atoms with E-state index in [0.29, 0.717) is 10.7 Å². The van der Waals surface area contributed by atoms with Crippen LogP contribution in [-0.4, -0.2) is 77.0 Å². The summed E-state index contributed by atoms with van der Waals surface area (Å²) in [6.45, 7) is 10.6. The minimum Gasteiger partial charge on any atom is -0.478 e. The summed E-state index contributed by atoms with van der Waals surface area (Å²) in [5, 5.41) is 14.5. The second-order valence-electron chi connectivity index (χ2n) is 11.0. The van der Waals surface area contributed by atoms with E-state index < -0.39 is 57.4 Å². The molecule has 0 bridgehead atoms. The Hall–Kier alpha value is -3.11. The zero-order valence-corrected chi connectivity index (χ0v) is 25.1. The topological polar surface area (TPSA) is 205 Å². The third-order valence-electron chi connectivity index (χ3n) is 6.13. The highest BCUT2D eigenvalue weighted by Gasteiger charge is 2.52. The third kappa shape index (κ3) is 8.20. The van der Waals surface area contributed by atoms with Gasteiger partial charge < -0.3 is 20.4 Å². The number of hydrogen-bond acceptors (Lipinski definition) is 13. The molecule has 0 saturated carbocycles. The molecule has 224 valence electrons. The molecule has 40 heavy (non-hydrogen) atoms. The van der Waals surface area contributed by atoms with Crippen molar-refractivity contribution in [2.45, 2.75) is 73.0 Å². The number of ketones is 1. The molecule has 1 aromatic heterocycles. The summed E-state index contributed by atoms with van der Waals surface area (Å²) in [5.74, 6) is -4.55. The summed E-state index contributed by atoms with van der Waals surface area (Å²) >= 11 is 1.01. The first-order valence-corrected chi connectivity index (χ1v) is 14.7. The van der Waals surface area contributed by atoms with Crippen LogP contribution in [0.4, 0.5) is 5.13 Å². The molecule has 0 aliphatic carbocycles. The second-order valence-corrected chi connectivity index (χ2v) is 13.4. The molecule has 3 N–H and O–H groups in total. The normalized spacial score (nSPS) is 18.4. The van der Waals surface area contributed by atoms with E-state index in [1.807, 2.05) is 0 Å². The number of β-lactam (4-membered cyclic amide) rings is 1. The van der Waals surface area contributed by atoms with Gasteiger partial charge >= 0.3 is 22.2 Å². The first-order chi connectivity index (χ1) is 18.3. The zero-order chi connectivity index (χ0) is 30.6. The van der Waals surface area contributed by atoms with E-state index in [2.05, 4.69) is 10.1 Å². The van der Waals surface area contributed by atoms with E-state index in [-0.39, 0.29) is 41.6 Å². The molecule has 1 saturated heterocycles. The molecule has 0 unspecified atom stereocenters. The van der Waals surface area contributed by atoms with Crippen molar-refractivity contribution < 1.29 is 46.5 Å². The van der Waals surface area contributed by atoms with Gasteiger partial charge in [-0.2, -0.15) is 8.42 Å². The molecule has 1 aliphatic heterocycles. The average molecular weight is 605 g/mol. The summed E-state index contributed by atoms with van der Waals surface area (Å²) in [4.78, 5) is 58.0. The molecule has 2 atom stereocenters. The van der Waals surface area contributed by atoms with Crippen LogP contribution in [0.15, 0.2) is 10.5 Å². The number of ether oxygens (including phenoxy) is 1. The van der Waals surface area contributed by atoms with Gasteiger partial charge in [-0.05, 0) is 32.6 Å². The van der Waals surface area contributed by atoms with Crippen LogP contribution in [0.2, 0.25) is 0 Å². The maximum atomic E-state index is 13.1. The quantitative estimate of drug-likeness (QED) is 0.128. The Labute approximate surface area is 237 Å². The van der Waals surface area contributed by atoms with Crippen molar-refractivity contribution in [3.05, 3.63) is 11.1 Å². The Kier molecular flexibility index (Phi) is 10.4. The number of carboxylic acids is 1. The number of Topliss-reactive ketones (excluding diaryl/α,β-unsaturated/α-hetero) is 1. The van der Waals surface area contributed by atoms with Gasteiger partial charge in [-0.15, -0.1) is 11.3 Å². The van der Waals surface area contributed by atoms with Crippen molar-refractivity contribution in [3.63, 3.8) is 0 Å². The highest BCUT2D eigenvalue weighted by Crippen LogP contribution is 2.34. The summed E-state index contributed by atoms with van der Waals surface area (Å²) in [6.07, 6.45) is -0.114. The molecule has 14 nitrogen and oxygen atoms in total. The summed E-state index contributed by atoms with van der Waals surface area (Å²) in [7, 11) is -4.47. The number of thiazole rings is 1. The van der Waals surface area contributed by atoms with Gasteiger partial charge in [-0.1, -0.05) is 32.9 Å². The van der Waals surface area contributed by atoms with Crippen molar-refractivity contribution in [2.75, 3.05) is 18.9 Å². The number of amides is 1. The Balaban J connectivity index is 2.07. The van der Waals surface area contributed by atoms with Crippen LogP contribution in [0.3, 0.4) is 0 Å². The number of carbonyl (C=O) groups is 4. The fourth-order valence-electron chi connectivity index (χ4n) is 3.31. The molecule has 1 amide bonds. The van der Waals surface area contributed by atoms with Crippen LogP contribution < -0.4 is 5.73 Å². The lowest BCUT2D eigenvalue weighted by molar-refractivity contribution is -0.161. The predicted molar refractivity (Wildman–Crippen MR) is 144 cm³/mol. The number of hydrogen-bond donors (Lipinski definition) is 2. The van der Waals surface area contributed by atoms with E-state index >= 15 is 0 Å². The first kappa shape index (κ1) is 33.1. The highest BCUT2D eigenvalue weighted by molar-refractivity contribution is 7.85. The average Bonchev–Trinajstić information content (AvgIpc) is 3.26. The molecule has 2 rings (SSSR count). The summed E-state index contributed by atoms with van der Waals surface area (Å²) in [6, 6.07) is -0.908. The van der Waals surface area contributed by atoms with Crippen molar-refractivity contribution >= 4 is 56.1 Å². The van der Waals surface area contributed by atoms with Gasteiger partial charge in [0.25, 0.3) is 0 Å². The molecule has 1 aliphatic rings. The minimum absolute atomic E-state index is 0.0298. The number of nitrogen functional groups attached to an aromatic ring is 1. The summed E-state index contributed by atoms with van der Waals surface area (Å²) in [5.41, 5.74) is 2.87. The molecule has 0 spiro atoms. The van der Waals surface area contributed by atoms with Gasteiger partial charge in [0.05, 0.1) is 31.1 Å². The van der Waals surface area contributed by atoms with E-state index in [0.717, 1.165) is 11.3 Å². The fourth-order valence-corrected chi connectivity index (χ4v) is 5.35. The second kappa shape index (κ2) is 12.6. The lowest BCUT2D eigenvalue weighted by Crippen LogP contribution is -2.62. The van der Waals surface area contributed by atoms with Gasteiger partial charge in [0.15, 0.2) is 16.6 Å². The van der Waals surface area contributed by atoms with Crippen LogP contribution >= 0.6 is 11.3 Å². The third-order valence-corrected chi connectivity index (χ3v) is 8.22. The molecule has 1 fully saturated rings. The number of aromatic nitrogens is 1. The van der Waals surface area contributed by atoms with E-state index in [4.69, 9.17) is 19.5 Å². The zero-order valence-electron chi connectivity index (χ0n) is 23.5. The van der Waals surface area contributed by atoms with Crippen molar-refractivity contribution in [1.29, 1.82) is 0 Å². The van der Waals surface area contributed by atoms with Crippen molar-refractivity contribution in [3.8, 4) is 0 Å². The fraction of sp³-hybridized carbons (Fsp3) is 0.667. The Morgan fingerprint density at radius 2 is 1.88 bits per heavy atom. The van der Waals surface area contributed by atoms with Gasteiger partial charge in [-0.25, -0.2) is 14.1 Å². The lowest BCUT2D eigenvalue weighted by atomic mass is 9.86. The maximum absolute atomic E-state index is 13.1. The summed E-state index contributed by atoms with van der Waals surface area (Å²) < 4.78 is 36.5. The van der Waals surface area contributed by atoms with Gasteiger partial charge in [0, 0.05) is 11.8 Å². The van der Waals surface area contributed by atoms with Crippen LogP contribution in [0.5, 0.6) is 0 Å². The minimum atomic E-state index is -4.47. The Bertz CT molecular complexity index is 1270. The smallest absolute Gasteiger partial charge is 0.364 e. The Morgan fingerprint density at radius 3 is 2.38 bits per heavy atom.